The standard InChI is InChI=1S/C40H46N2O8/c1-41-15-13-23-18-31(44-3)32(45-4)20-26(23)29(41)17-22-9-11-24(12-10-22)50-38-28-19-30-34-25(14-16-42(30)2)37(47-6)40(49-8)36(43)35(34)27(28)21-33(46-5)39(38)48-7/h9-12,18,20-21,29-30,43H,13-17,19H2,1-8H3/t29-,30-/m0/s1. The van der Waals surface area contributed by atoms with Gasteiger partial charge in [0, 0.05) is 41.9 Å². The summed E-state index contributed by atoms with van der Waals surface area (Å²) in [6, 6.07) is 14.6. The zero-order valence-electron chi connectivity index (χ0n) is 30.1. The Morgan fingerprint density at radius 1 is 0.680 bits per heavy atom. The van der Waals surface area contributed by atoms with Gasteiger partial charge in [-0.15, -0.1) is 0 Å². The lowest BCUT2D eigenvalue weighted by molar-refractivity contribution is 0.221. The fourth-order valence-corrected chi connectivity index (χ4v) is 8.16. The minimum Gasteiger partial charge on any atom is -0.504 e. The Morgan fingerprint density at radius 2 is 1.34 bits per heavy atom. The molecule has 10 nitrogen and oxygen atoms in total. The van der Waals surface area contributed by atoms with Crippen LogP contribution in [0.1, 0.15) is 45.5 Å². The number of hydrogen-bond acceptors (Lipinski definition) is 10. The maximum Gasteiger partial charge on any atom is 0.204 e. The molecule has 1 aliphatic carbocycles. The van der Waals surface area contributed by atoms with E-state index in [2.05, 4.69) is 48.2 Å². The van der Waals surface area contributed by atoms with E-state index in [0.717, 1.165) is 66.1 Å². The number of phenolic OH excluding ortho intramolecular Hbond substituents is 1. The number of likely N-dealkylation sites (N-methyl/N-ethyl adjacent to an activating group) is 2. The molecular formula is C40H46N2O8. The lowest BCUT2D eigenvalue weighted by Gasteiger charge is -2.41. The molecule has 0 unspecified atom stereocenters. The van der Waals surface area contributed by atoms with E-state index in [9.17, 15) is 5.11 Å². The van der Waals surface area contributed by atoms with Crippen molar-refractivity contribution in [3.05, 3.63) is 75.8 Å². The zero-order valence-corrected chi connectivity index (χ0v) is 30.1. The van der Waals surface area contributed by atoms with Crippen LogP contribution in [0, 0.1) is 0 Å². The second kappa shape index (κ2) is 13.5. The molecule has 1 N–H and O–H groups in total. The molecule has 264 valence electrons. The Balaban J connectivity index is 1.27. The monoisotopic (exact) mass is 682 g/mol. The van der Waals surface area contributed by atoms with Crippen molar-refractivity contribution in [1.29, 1.82) is 0 Å². The summed E-state index contributed by atoms with van der Waals surface area (Å²) in [7, 11) is 14.1. The first kappa shape index (κ1) is 33.7. The molecule has 2 aliphatic heterocycles. The summed E-state index contributed by atoms with van der Waals surface area (Å²) in [5.41, 5.74) is 8.31. The summed E-state index contributed by atoms with van der Waals surface area (Å²) in [4.78, 5) is 4.72. The van der Waals surface area contributed by atoms with E-state index in [1.807, 2.05) is 18.2 Å². The predicted molar refractivity (Wildman–Crippen MR) is 191 cm³/mol. The molecule has 0 fully saturated rings. The third-order valence-electron chi connectivity index (χ3n) is 10.8. The molecule has 4 aromatic carbocycles. The molecule has 7 rings (SSSR count). The van der Waals surface area contributed by atoms with Gasteiger partial charge >= 0.3 is 0 Å². The van der Waals surface area contributed by atoms with E-state index < -0.39 is 0 Å². The highest BCUT2D eigenvalue weighted by molar-refractivity contribution is 5.89. The number of aromatic hydroxyl groups is 1. The zero-order chi connectivity index (χ0) is 35.3. The average Bonchev–Trinajstić information content (AvgIpc) is 3.14. The number of ether oxygens (including phenoxy) is 7. The average molecular weight is 683 g/mol. The summed E-state index contributed by atoms with van der Waals surface area (Å²) >= 11 is 0. The van der Waals surface area contributed by atoms with Gasteiger partial charge in [0.1, 0.15) is 5.75 Å². The van der Waals surface area contributed by atoms with Crippen molar-refractivity contribution in [3.63, 3.8) is 0 Å². The number of phenols is 1. The number of fused-ring (bicyclic) bond motifs is 3. The van der Waals surface area contributed by atoms with Crippen LogP contribution in [0.15, 0.2) is 42.5 Å². The molecule has 2 atom stereocenters. The first-order valence-corrected chi connectivity index (χ1v) is 17.0. The minimum atomic E-state index is -0.0104. The Labute approximate surface area is 294 Å². The molecule has 0 bridgehead atoms. The van der Waals surface area contributed by atoms with E-state index in [-0.39, 0.29) is 17.8 Å². The number of rotatable bonds is 10. The van der Waals surface area contributed by atoms with Gasteiger partial charge in [-0.3, -0.25) is 9.80 Å². The highest BCUT2D eigenvalue weighted by Crippen LogP contribution is 2.60. The first-order valence-electron chi connectivity index (χ1n) is 17.0. The van der Waals surface area contributed by atoms with E-state index in [1.54, 1.807) is 42.7 Å². The fraction of sp³-hybridized carbons (Fsp3) is 0.400. The van der Waals surface area contributed by atoms with E-state index in [4.69, 9.17) is 33.2 Å². The molecule has 0 radical (unpaired) electrons. The maximum atomic E-state index is 11.8. The topological polar surface area (TPSA) is 91.3 Å². The van der Waals surface area contributed by atoms with Crippen LogP contribution in [-0.2, 0) is 25.7 Å². The number of methoxy groups -OCH3 is 6. The van der Waals surface area contributed by atoms with Crippen molar-refractivity contribution in [2.24, 2.45) is 0 Å². The summed E-state index contributed by atoms with van der Waals surface area (Å²) in [6.45, 7) is 1.80. The van der Waals surface area contributed by atoms with E-state index in [0.29, 0.717) is 46.5 Å². The van der Waals surface area contributed by atoms with Crippen molar-refractivity contribution in [2.75, 3.05) is 69.8 Å². The van der Waals surface area contributed by atoms with Crippen LogP contribution in [0.25, 0.3) is 11.1 Å². The van der Waals surface area contributed by atoms with Crippen LogP contribution >= 0.6 is 0 Å². The Bertz CT molecular complexity index is 1920. The van der Waals surface area contributed by atoms with Gasteiger partial charge in [0.05, 0.1) is 42.7 Å². The third-order valence-corrected chi connectivity index (χ3v) is 10.8. The molecule has 0 saturated carbocycles. The maximum absolute atomic E-state index is 11.8. The van der Waals surface area contributed by atoms with Crippen molar-refractivity contribution in [1.82, 2.24) is 9.80 Å². The van der Waals surface area contributed by atoms with Crippen molar-refractivity contribution in [2.45, 2.75) is 37.8 Å². The molecule has 10 heteroatoms. The molecule has 4 aromatic rings. The van der Waals surface area contributed by atoms with Crippen LogP contribution in [0.5, 0.6) is 51.7 Å². The van der Waals surface area contributed by atoms with Gasteiger partial charge in [0.15, 0.2) is 34.5 Å². The number of hydrogen-bond donors (Lipinski definition) is 1. The van der Waals surface area contributed by atoms with Crippen LogP contribution in [-0.4, -0.2) is 84.7 Å². The first-order chi connectivity index (χ1) is 24.3. The minimum absolute atomic E-state index is 0.0104. The largest absolute Gasteiger partial charge is 0.504 e. The fourth-order valence-electron chi connectivity index (χ4n) is 8.16. The van der Waals surface area contributed by atoms with Gasteiger partial charge in [-0.05, 0) is 97.9 Å². The Morgan fingerprint density at radius 3 is 2.00 bits per heavy atom. The summed E-state index contributed by atoms with van der Waals surface area (Å²) in [5.74, 6) is 4.71. The van der Waals surface area contributed by atoms with Gasteiger partial charge in [-0.2, -0.15) is 0 Å². The number of nitrogens with zero attached hydrogens (tertiary/aromatic N) is 2. The lowest BCUT2D eigenvalue weighted by atomic mass is 9.75. The second-order valence-corrected chi connectivity index (χ2v) is 13.2. The quantitative estimate of drug-likeness (QED) is 0.194. The molecule has 50 heavy (non-hydrogen) atoms. The number of benzene rings is 4. The lowest BCUT2D eigenvalue weighted by Crippen LogP contribution is -2.36. The molecule has 0 spiro atoms. The highest BCUT2D eigenvalue weighted by Gasteiger charge is 2.41. The van der Waals surface area contributed by atoms with E-state index >= 15 is 0 Å². The smallest absolute Gasteiger partial charge is 0.204 e. The van der Waals surface area contributed by atoms with Crippen molar-refractivity contribution < 1.29 is 38.3 Å². The SMILES string of the molecule is COc1cc2c(cc1OC)[C@H](Cc1ccc(Oc3c4c(cc(OC)c3OC)-c3c(O)c(OC)c(OC)c5c3[C@H](C4)N(C)CC5)cc1)N(C)CC2. The molecular weight excluding hydrogens is 636 g/mol. The van der Waals surface area contributed by atoms with Crippen LogP contribution in [0.2, 0.25) is 0 Å². The molecule has 0 aromatic heterocycles. The summed E-state index contributed by atoms with van der Waals surface area (Å²) < 4.78 is 41.3. The van der Waals surface area contributed by atoms with Crippen LogP contribution in [0.4, 0.5) is 0 Å². The van der Waals surface area contributed by atoms with Gasteiger partial charge in [-0.25, -0.2) is 0 Å². The van der Waals surface area contributed by atoms with Crippen LogP contribution in [0.3, 0.4) is 0 Å². The summed E-state index contributed by atoms with van der Waals surface area (Å²) in [5, 5.41) is 11.8. The normalized spacial score (nSPS) is 18.0. The third kappa shape index (κ3) is 5.41. The second-order valence-electron chi connectivity index (χ2n) is 13.2. The highest BCUT2D eigenvalue weighted by atomic mass is 16.5. The van der Waals surface area contributed by atoms with Gasteiger partial charge in [0.25, 0.3) is 0 Å². The van der Waals surface area contributed by atoms with E-state index in [1.165, 1.54) is 16.7 Å². The molecule has 0 amide bonds. The van der Waals surface area contributed by atoms with Crippen molar-refractivity contribution in [3.8, 4) is 62.9 Å². The molecule has 2 heterocycles. The molecule has 0 saturated heterocycles. The summed E-state index contributed by atoms with van der Waals surface area (Å²) in [6.07, 6.45) is 3.21. The van der Waals surface area contributed by atoms with Gasteiger partial charge in [0.2, 0.25) is 11.5 Å². The van der Waals surface area contributed by atoms with Gasteiger partial charge in [-0.1, -0.05) is 12.1 Å². The molecule has 3 aliphatic rings. The predicted octanol–water partition coefficient (Wildman–Crippen LogP) is 6.76. The Hall–Kier alpha value is -4.80. The van der Waals surface area contributed by atoms with Crippen LogP contribution < -0.4 is 33.2 Å². The van der Waals surface area contributed by atoms with Crippen molar-refractivity contribution >= 4 is 0 Å². The Kier molecular flexibility index (Phi) is 9.09. The van der Waals surface area contributed by atoms with Gasteiger partial charge < -0.3 is 38.3 Å².